The Balaban J connectivity index is 2.40. The fourth-order valence-corrected chi connectivity index (χ4v) is 4.79. The molecule has 1 N–H and O–H groups in total. The normalized spacial score (nSPS) is 27.4. The topological polar surface area (TPSA) is 46.5 Å². The van der Waals surface area contributed by atoms with Gasteiger partial charge >= 0.3 is 5.97 Å². The van der Waals surface area contributed by atoms with Gasteiger partial charge in [0.2, 0.25) is 0 Å². The lowest BCUT2D eigenvalue weighted by Crippen LogP contribution is -2.21. The first kappa shape index (κ1) is 23.6. The average molecular weight is 401 g/mol. The number of carbonyl (C=O) groups is 1. The molecule has 1 saturated carbocycles. The van der Waals surface area contributed by atoms with Crippen LogP contribution in [0.2, 0.25) is 0 Å². The molecular weight excluding hydrogens is 364 g/mol. The molecule has 150 valence electrons. The third-order valence-corrected chi connectivity index (χ3v) is 6.30. The van der Waals surface area contributed by atoms with E-state index < -0.39 is 12.1 Å². The minimum Gasteiger partial charge on any atom is -0.467 e. The summed E-state index contributed by atoms with van der Waals surface area (Å²) in [6.07, 6.45) is 17.3. The molecule has 5 atom stereocenters. The van der Waals surface area contributed by atoms with Crippen LogP contribution in [0.15, 0.2) is 24.3 Å². The van der Waals surface area contributed by atoms with Gasteiger partial charge in [0.1, 0.15) is 0 Å². The maximum atomic E-state index is 11.2. The van der Waals surface area contributed by atoms with Crippen molar-refractivity contribution >= 4 is 31.2 Å². The summed E-state index contributed by atoms with van der Waals surface area (Å²) in [5, 5.41) is 10.3. The zero-order valence-corrected chi connectivity index (χ0v) is 18.0. The highest BCUT2D eigenvalue weighted by molar-refractivity contribution is 7.82. The molecule has 0 amide bonds. The highest BCUT2D eigenvalue weighted by atomic mass is 32.1. The molecule has 0 bridgehead atoms. The quantitative estimate of drug-likeness (QED) is 0.187. The number of carbonyl (C=O) groups excluding carboxylic acids is 1. The Hall–Kier alpha value is -0.390. The van der Waals surface area contributed by atoms with Gasteiger partial charge in [-0.2, -0.15) is 25.3 Å². The zero-order chi connectivity index (χ0) is 19.4. The Labute approximate surface area is 170 Å². The molecule has 0 aliphatic heterocycles. The molecule has 0 aromatic carbocycles. The van der Waals surface area contributed by atoms with Crippen molar-refractivity contribution < 1.29 is 14.6 Å². The summed E-state index contributed by atoms with van der Waals surface area (Å²) in [5.74, 6) is 0.401. The van der Waals surface area contributed by atoms with Crippen LogP contribution in [-0.2, 0) is 9.53 Å². The summed E-state index contributed by atoms with van der Waals surface area (Å²) in [6.45, 7) is 2.24. The molecule has 1 aliphatic carbocycles. The molecule has 1 rings (SSSR count). The lowest BCUT2D eigenvalue weighted by Gasteiger charge is -2.20. The van der Waals surface area contributed by atoms with Crippen molar-refractivity contribution in [2.45, 2.75) is 81.3 Å². The Bertz CT molecular complexity index is 451. The number of aliphatic hydroxyl groups excluding tert-OH is 1. The zero-order valence-electron chi connectivity index (χ0n) is 16.2. The highest BCUT2D eigenvalue weighted by Crippen LogP contribution is 2.41. The summed E-state index contributed by atoms with van der Waals surface area (Å²) in [6, 6.07) is 0. The fourth-order valence-electron chi connectivity index (χ4n) is 3.53. The molecule has 0 spiro atoms. The largest absolute Gasteiger partial charge is 0.467 e. The molecule has 0 heterocycles. The summed E-state index contributed by atoms with van der Waals surface area (Å²) in [4.78, 5) is 11.2. The SMILES string of the molecule is CCCCCC/C=C/[C@@H]1[C@@H](C/C=C\CCC(O)C(=O)OC)[C@@H](S)C[C@H]1S. The van der Waals surface area contributed by atoms with Crippen molar-refractivity contribution in [3.8, 4) is 0 Å². The van der Waals surface area contributed by atoms with Gasteiger partial charge in [-0.1, -0.05) is 50.5 Å². The minimum absolute atomic E-state index is 0.373. The van der Waals surface area contributed by atoms with Crippen molar-refractivity contribution in [2.75, 3.05) is 7.11 Å². The maximum absolute atomic E-state index is 11.2. The fraction of sp³-hybridized carbons (Fsp3) is 0.762. The molecular formula is C21H36O3S2. The van der Waals surface area contributed by atoms with Crippen LogP contribution in [0, 0.1) is 11.8 Å². The van der Waals surface area contributed by atoms with Crippen LogP contribution in [0.1, 0.15) is 64.7 Å². The van der Waals surface area contributed by atoms with E-state index in [0.29, 0.717) is 35.2 Å². The van der Waals surface area contributed by atoms with Gasteiger partial charge in [-0.15, -0.1) is 0 Å². The number of esters is 1. The van der Waals surface area contributed by atoms with Gasteiger partial charge in [-0.3, -0.25) is 0 Å². The number of allylic oxidation sites excluding steroid dienone is 4. The number of methoxy groups -OCH3 is 1. The Morgan fingerprint density at radius 3 is 2.62 bits per heavy atom. The van der Waals surface area contributed by atoms with Crippen molar-refractivity contribution in [3.05, 3.63) is 24.3 Å². The predicted molar refractivity (Wildman–Crippen MR) is 116 cm³/mol. The molecule has 5 heteroatoms. The standard InChI is InChI=1S/C21H36O3S2/c1-3-4-5-6-7-9-12-16-17(20(26)15-19(16)25)13-10-8-11-14-18(22)21(23)24-2/h8-10,12,16-20,22,25-26H,3-7,11,13-15H2,1-2H3/b10-8-,12-9+/t16-,17-,18?,19-,20+/m1/s1. The van der Waals surface area contributed by atoms with Crippen LogP contribution in [0.25, 0.3) is 0 Å². The monoisotopic (exact) mass is 400 g/mol. The van der Waals surface area contributed by atoms with E-state index in [4.69, 9.17) is 25.3 Å². The Morgan fingerprint density at radius 2 is 1.92 bits per heavy atom. The van der Waals surface area contributed by atoms with Gasteiger partial charge in [0.25, 0.3) is 0 Å². The lowest BCUT2D eigenvalue weighted by molar-refractivity contribution is -0.150. The van der Waals surface area contributed by atoms with Crippen molar-refractivity contribution in [1.82, 2.24) is 0 Å². The van der Waals surface area contributed by atoms with E-state index in [0.717, 1.165) is 19.3 Å². The van der Waals surface area contributed by atoms with Crippen molar-refractivity contribution in [3.63, 3.8) is 0 Å². The van der Waals surface area contributed by atoms with Gasteiger partial charge in [-0.25, -0.2) is 4.79 Å². The predicted octanol–water partition coefficient (Wildman–Crippen LogP) is 5.01. The molecule has 0 saturated heterocycles. The average Bonchev–Trinajstić information content (AvgIpc) is 2.89. The van der Waals surface area contributed by atoms with Gasteiger partial charge in [0.15, 0.2) is 6.10 Å². The first-order valence-corrected chi connectivity index (χ1v) is 11.0. The summed E-state index contributed by atoms with van der Waals surface area (Å²) in [5.41, 5.74) is 0. The van der Waals surface area contributed by atoms with E-state index in [1.165, 1.54) is 32.8 Å². The van der Waals surface area contributed by atoms with Gasteiger partial charge in [0.05, 0.1) is 7.11 Å². The van der Waals surface area contributed by atoms with Crippen LogP contribution in [-0.4, -0.2) is 34.8 Å². The number of thiol groups is 2. The molecule has 0 radical (unpaired) electrons. The maximum Gasteiger partial charge on any atom is 0.334 e. The second kappa shape index (κ2) is 13.7. The van der Waals surface area contributed by atoms with Gasteiger partial charge in [-0.05, 0) is 50.4 Å². The molecule has 3 nitrogen and oxygen atoms in total. The van der Waals surface area contributed by atoms with Crippen LogP contribution in [0.4, 0.5) is 0 Å². The van der Waals surface area contributed by atoms with Crippen LogP contribution in [0.5, 0.6) is 0 Å². The Morgan fingerprint density at radius 1 is 1.15 bits per heavy atom. The number of rotatable bonds is 12. The molecule has 1 aliphatic rings. The highest BCUT2D eigenvalue weighted by Gasteiger charge is 2.37. The van der Waals surface area contributed by atoms with E-state index in [2.05, 4.69) is 29.9 Å². The molecule has 26 heavy (non-hydrogen) atoms. The smallest absolute Gasteiger partial charge is 0.334 e. The van der Waals surface area contributed by atoms with Crippen molar-refractivity contribution in [2.24, 2.45) is 11.8 Å². The first-order valence-electron chi connectivity index (χ1n) is 9.94. The van der Waals surface area contributed by atoms with E-state index in [1.54, 1.807) is 0 Å². The molecule has 0 aromatic rings. The second-order valence-electron chi connectivity index (χ2n) is 7.21. The minimum atomic E-state index is -1.03. The van der Waals surface area contributed by atoms with E-state index in [1.807, 2.05) is 6.08 Å². The van der Waals surface area contributed by atoms with Gasteiger partial charge in [0, 0.05) is 10.5 Å². The first-order chi connectivity index (χ1) is 12.5. The van der Waals surface area contributed by atoms with Crippen LogP contribution in [0.3, 0.4) is 0 Å². The van der Waals surface area contributed by atoms with Crippen molar-refractivity contribution in [1.29, 1.82) is 0 Å². The molecule has 0 aromatic heterocycles. The summed E-state index contributed by atoms with van der Waals surface area (Å²) < 4.78 is 4.52. The lowest BCUT2D eigenvalue weighted by atomic mass is 9.91. The molecule has 1 unspecified atom stereocenters. The number of aliphatic hydroxyl groups is 1. The number of hydrogen-bond acceptors (Lipinski definition) is 5. The van der Waals surface area contributed by atoms with Crippen LogP contribution < -0.4 is 0 Å². The Kier molecular flexibility index (Phi) is 12.5. The number of unbranched alkanes of at least 4 members (excludes halogenated alkanes) is 4. The van der Waals surface area contributed by atoms with Crippen LogP contribution >= 0.6 is 25.3 Å². The second-order valence-corrected chi connectivity index (χ2v) is 8.54. The number of ether oxygens (including phenoxy) is 1. The molecule has 1 fully saturated rings. The summed E-state index contributed by atoms with van der Waals surface area (Å²) in [7, 11) is 1.29. The summed E-state index contributed by atoms with van der Waals surface area (Å²) >= 11 is 9.56. The third-order valence-electron chi connectivity index (χ3n) is 5.15. The third kappa shape index (κ3) is 8.53. The van der Waals surface area contributed by atoms with E-state index in [-0.39, 0.29) is 0 Å². The van der Waals surface area contributed by atoms with Gasteiger partial charge < -0.3 is 9.84 Å². The van der Waals surface area contributed by atoms with E-state index >= 15 is 0 Å². The van der Waals surface area contributed by atoms with E-state index in [9.17, 15) is 9.90 Å². The number of hydrogen-bond donors (Lipinski definition) is 3.